The van der Waals surface area contributed by atoms with Crippen LogP contribution in [-0.2, 0) is 25.7 Å². The van der Waals surface area contributed by atoms with Gasteiger partial charge in [0, 0.05) is 13.5 Å². The molecule has 0 aliphatic rings. The SMILES string of the molecule is CCCCCC(=O)N(n1c(=O)[nH]c2cc(C(F)(F)F)c(C(CC)OC)cc2c1=O)S(C)(=O)=O. The smallest absolute Gasteiger partial charge is 0.377 e. The van der Waals surface area contributed by atoms with E-state index in [2.05, 4.69) is 4.98 Å². The van der Waals surface area contributed by atoms with Crippen LogP contribution in [0.5, 0.6) is 0 Å². The Morgan fingerprint density at radius 2 is 1.85 bits per heavy atom. The van der Waals surface area contributed by atoms with Gasteiger partial charge in [-0.3, -0.25) is 9.59 Å². The normalized spacial score (nSPS) is 13.3. The van der Waals surface area contributed by atoms with E-state index in [4.69, 9.17) is 4.74 Å². The van der Waals surface area contributed by atoms with Crippen LogP contribution in [0.4, 0.5) is 13.2 Å². The molecule has 0 bridgehead atoms. The third kappa shape index (κ3) is 5.64. The van der Waals surface area contributed by atoms with Gasteiger partial charge in [-0.1, -0.05) is 26.7 Å². The van der Waals surface area contributed by atoms with Crippen molar-refractivity contribution in [1.82, 2.24) is 9.66 Å². The Bertz CT molecular complexity index is 1250. The van der Waals surface area contributed by atoms with Crippen LogP contribution in [0.3, 0.4) is 0 Å². The van der Waals surface area contributed by atoms with Gasteiger partial charge in [-0.25, -0.2) is 13.2 Å². The zero-order valence-corrected chi connectivity index (χ0v) is 19.5. The molecule has 0 radical (unpaired) electrons. The quantitative estimate of drug-likeness (QED) is 0.537. The molecule has 0 spiro atoms. The molecule has 0 aliphatic heterocycles. The molecule has 1 amide bonds. The Morgan fingerprint density at radius 1 is 1.21 bits per heavy atom. The number of carbonyl (C=O) groups is 1. The number of hydrogen-bond acceptors (Lipinski definition) is 6. The first kappa shape index (κ1) is 26.6. The van der Waals surface area contributed by atoms with Crippen molar-refractivity contribution in [1.29, 1.82) is 0 Å². The van der Waals surface area contributed by atoms with E-state index in [-0.39, 0.29) is 27.5 Å². The topological polar surface area (TPSA) is 119 Å². The van der Waals surface area contributed by atoms with Gasteiger partial charge in [0.25, 0.3) is 21.5 Å². The number of alkyl halides is 3. The lowest BCUT2D eigenvalue weighted by molar-refractivity contribution is -0.139. The fourth-order valence-electron chi connectivity index (χ4n) is 3.53. The van der Waals surface area contributed by atoms with E-state index in [9.17, 15) is 36.0 Å². The van der Waals surface area contributed by atoms with Gasteiger partial charge >= 0.3 is 11.9 Å². The Morgan fingerprint density at radius 3 is 2.33 bits per heavy atom. The number of amides is 1. The van der Waals surface area contributed by atoms with Crippen molar-refractivity contribution in [2.75, 3.05) is 17.8 Å². The highest BCUT2D eigenvalue weighted by molar-refractivity contribution is 7.92. The number of H-pyrrole nitrogens is 1. The van der Waals surface area contributed by atoms with Gasteiger partial charge in [0.15, 0.2) is 0 Å². The van der Waals surface area contributed by atoms with E-state index in [1.54, 1.807) is 6.92 Å². The van der Waals surface area contributed by atoms with Gasteiger partial charge in [0.1, 0.15) is 0 Å². The number of sulfonamides is 1. The number of aromatic nitrogens is 2. The summed E-state index contributed by atoms with van der Waals surface area (Å²) in [5, 5.41) is -0.400. The first-order valence-corrected chi connectivity index (χ1v) is 12.1. The molecule has 0 aliphatic carbocycles. The van der Waals surface area contributed by atoms with E-state index >= 15 is 0 Å². The molecule has 1 heterocycles. The van der Waals surface area contributed by atoms with Gasteiger partial charge in [0.2, 0.25) is 0 Å². The average Bonchev–Trinajstić information content (AvgIpc) is 2.70. The summed E-state index contributed by atoms with van der Waals surface area (Å²) in [4.78, 5) is 40.5. The second kappa shape index (κ2) is 10.1. The number of hydrogen-bond donors (Lipinski definition) is 1. The van der Waals surface area contributed by atoms with E-state index in [1.807, 2.05) is 6.92 Å². The summed E-state index contributed by atoms with van der Waals surface area (Å²) >= 11 is 0. The van der Waals surface area contributed by atoms with Gasteiger partial charge < -0.3 is 9.72 Å². The maximum absolute atomic E-state index is 13.7. The van der Waals surface area contributed by atoms with Crippen molar-refractivity contribution in [3.05, 3.63) is 44.1 Å². The number of unbranched alkanes of at least 4 members (excludes halogenated alkanes) is 2. The van der Waals surface area contributed by atoms with Crippen molar-refractivity contribution in [2.24, 2.45) is 0 Å². The Kier molecular flexibility index (Phi) is 8.12. The maximum Gasteiger partial charge on any atom is 0.416 e. The summed E-state index contributed by atoms with van der Waals surface area (Å²) in [6, 6.07) is 1.51. The molecule has 1 atom stereocenters. The molecule has 1 unspecified atom stereocenters. The standard InChI is InChI=1S/C20H26F3N3O6S/c1-5-7-8-9-17(27)26(33(4,30)31)25-18(28)13-10-12(16(6-2)32-3)14(20(21,22)23)11-15(13)24-19(25)29/h10-11,16H,5-9H2,1-4H3,(H,24,29). The van der Waals surface area contributed by atoms with Crippen molar-refractivity contribution in [2.45, 2.75) is 58.2 Å². The first-order chi connectivity index (χ1) is 15.3. The third-order valence-corrected chi connectivity index (χ3v) is 6.05. The van der Waals surface area contributed by atoms with Crippen LogP contribution in [0.2, 0.25) is 0 Å². The average molecular weight is 494 g/mol. The molecule has 1 aromatic carbocycles. The molecule has 13 heteroatoms. The second-order valence-corrected chi connectivity index (χ2v) is 9.33. The predicted octanol–water partition coefficient (Wildman–Crippen LogP) is 2.81. The van der Waals surface area contributed by atoms with E-state index < -0.39 is 55.9 Å². The number of nitrogens with zero attached hydrogens (tertiary/aromatic N) is 2. The van der Waals surface area contributed by atoms with Crippen LogP contribution >= 0.6 is 0 Å². The highest BCUT2D eigenvalue weighted by Crippen LogP contribution is 2.38. The molecular weight excluding hydrogens is 467 g/mol. The lowest BCUT2D eigenvalue weighted by Gasteiger charge is -2.23. The molecule has 2 rings (SSSR count). The minimum absolute atomic E-state index is 0.0637. The number of halogens is 3. The number of fused-ring (bicyclic) bond motifs is 1. The lowest BCUT2D eigenvalue weighted by Crippen LogP contribution is -2.55. The number of ether oxygens (including phenoxy) is 1. The van der Waals surface area contributed by atoms with Crippen molar-refractivity contribution >= 4 is 26.8 Å². The molecular formula is C20H26F3N3O6S. The fourth-order valence-corrected chi connectivity index (χ4v) is 4.43. The van der Waals surface area contributed by atoms with Crippen LogP contribution in [0.25, 0.3) is 10.9 Å². The summed E-state index contributed by atoms with van der Waals surface area (Å²) in [5.74, 6) is -1.01. The molecule has 9 nitrogen and oxygen atoms in total. The molecule has 184 valence electrons. The minimum Gasteiger partial charge on any atom is -0.377 e. The highest BCUT2D eigenvalue weighted by Gasteiger charge is 2.36. The molecule has 1 aromatic heterocycles. The lowest BCUT2D eigenvalue weighted by atomic mass is 9.97. The largest absolute Gasteiger partial charge is 0.416 e. The van der Waals surface area contributed by atoms with Crippen molar-refractivity contribution < 1.29 is 31.1 Å². The monoisotopic (exact) mass is 493 g/mol. The Hall–Kier alpha value is -2.67. The van der Waals surface area contributed by atoms with Gasteiger partial charge in [0.05, 0.1) is 28.8 Å². The van der Waals surface area contributed by atoms with Crippen LogP contribution < -0.4 is 15.7 Å². The summed E-state index contributed by atoms with van der Waals surface area (Å²) in [7, 11) is -3.20. The summed E-state index contributed by atoms with van der Waals surface area (Å²) in [5.41, 5.74) is -4.51. The molecule has 2 aromatic rings. The van der Waals surface area contributed by atoms with E-state index in [0.717, 1.165) is 12.5 Å². The summed E-state index contributed by atoms with van der Waals surface area (Å²) < 4.78 is 70.9. The first-order valence-electron chi connectivity index (χ1n) is 10.2. The number of methoxy groups -OCH3 is 1. The second-order valence-electron chi connectivity index (χ2n) is 7.52. The van der Waals surface area contributed by atoms with Gasteiger partial charge in [-0.05, 0) is 30.5 Å². The van der Waals surface area contributed by atoms with Crippen LogP contribution in [0.1, 0.15) is 63.2 Å². The van der Waals surface area contributed by atoms with Crippen LogP contribution in [0, 0.1) is 0 Å². The number of rotatable bonds is 9. The third-order valence-electron chi connectivity index (χ3n) is 5.06. The number of carbonyl (C=O) groups excluding carboxylic acids is 1. The minimum atomic E-state index is -4.81. The fraction of sp³-hybridized carbons (Fsp3) is 0.550. The Labute approximate surface area is 188 Å². The van der Waals surface area contributed by atoms with Crippen molar-refractivity contribution in [3.8, 4) is 0 Å². The molecule has 0 saturated carbocycles. The van der Waals surface area contributed by atoms with Crippen molar-refractivity contribution in [3.63, 3.8) is 0 Å². The van der Waals surface area contributed by atoms with Crippen LogP contribution in [-0.4, -0.2) is 37.4 Å². The number of benzene rings is 1. The van der Waals surface area contributed by atoms with Crippen LogP contribution in [0.15, 0.2) is 21.7 Å². The zero-order valence-electron chi connectivity index (χ0n) is 18.7. The highest BCUT2D eigenvalue weighted by atomic mass is 32.2. The van der Waals surface area contributed by atoms with E-state index in [1.165, 1.54) is 7.11 Å². The molecule has 0 saturated heterocycles. The summed E-state index contributed by atoms with van der Waals surface area (Å²) in [6.07, 6.45) is -3.60. The molecule has 33 heavy (non-hydrogen) atoms. The molecule has 1 N–H and O–H groups in total. The number of nitrogens with one attached hydrogen (secondary N) is 1. The zero-order chi connectivity index (χ0) is 25.1. The molecule has 0 fully saturated rings. The van der Waals surface area contributed by atoms with Gasteiger partial charge in [-0.15, -0.1) is 9.09 Å². The van der Waals surface area contributed by atoms with Gasteiger partial charge in [-0.2, -0.15) is 13.2 Å². The Balaban J connectivity index is 2.87. The summed E-state index contributed by atoms with van der Waals surface area (Å²) in [6.45, 7) is 3.46. The predicted molar refractivity (Wildman–Crippen MR) is 116 cm³/mol. The number of aromatic amines is 1. The maximum atomic E-state index is 13.7. The van der Waals surface area contributed by atoms with E-state index in [0.29, 0.717) is 25.2 Å².